The molecule has 4 aliphatic heterocycles. The Hall–Kier alpha value is -5.00. The summed E-state index contributed by atoms with van der Waals surface area (Å²) in [6.07, 6.45) is 7.21. The number of rotatable bonds is 10. The van der Waals surface area contributed by atoms with Gasteiger partial charge in [0.25, 0.3) is 0 Å². The van der Waals surface area contributed by atoms with Crippen molar-refractivity contribution in [2.45, 2.75) is 75.8 Å². The zero-order valence-electron chi connectivity index (χ0n) is 33.5. The number of benzene rings is 3. The van der Waals surface area contributed by atoms with Gasteiger partial charge in [-0.25, -0.2) is 0 Å². The second-order valence-electron chi connectivity index (χ2n) is 14.6. The number of hydrogen-bond acceptors (Lipinski definition) is 13. The average Bonchev–Trinajstić information content (AvgIpc) is 3.19. The summed E-state index contributed by atoms with van der Waals surface area (Å²) in [5, 5.41) is 37.0. The molecule has 3 aromatic rings. The Balaban J connectivity index is 0.000000261. The molecule has 56 heavy (non-hydrogen) atoms. The predicted octanol–water partition coefficient (Wildman–Crippen LogP) is 5.20. The maximum atomic E-state index is 11.6. The van der Waals surface area contributed by atoms with E-state index in [1.54, 1.807) is 27.4 Å². The van der Waals surface area contributed by atoms with Gasteiger partial charge in [0, 0.05) is 64.9 Å². The molecule has 4 heterocycles. The van der Waals surface area contributed by atoms with E-state index in [4.69, 9.17) is 28.4 Å². The molecule has 0 radical (unpaired) electrons. The van der Waals surface area contributed by atoms with Crippen LogP contribution in [0.4, 0.5) is 0 Å². The number of allylic oxidation sites excluding steroid dienone is 1. The highest BCUT2D eigenvalue weighted by Crippen LogP contribution is 2.58. The highest BCUT2D eigenvalue weighted by atomic mass is 16.5. The Morgan fingerprint density at radius 1 is 0.875 bits per heavy atom. The maximum Gasteiger partial charge on any atom is 0.167 e. The lowest BCUT2D eigenvalue weighted by Gasteiger charge is -2.60. The predicted molar refractivity (Wildman–Crippen MR) is 211 cm³/mol. The molecule has 0 aliphatic carbocycles. The number of carbonyl (C=O) groups excluding carboxylic acids is 1. The van der Waals surface area contributed by atoms with Gasteiger partial charge in [-0.1, -0.05) is 18.2 Å². The van der Waals surface area contributed by atoms with Crippen molar-refractivity contribution in [3.8, 4) is 46.3 Å². The van der Waals surface area contributed by atoms with Crippen LogP contribution in [0.5, 0.6) is 40.2 Å². The van der Waals surface area contributed by atoms with Crippen LogP contribution in [0, 0.1) is 25.2 Å². The number of phenols is 2. The number of fused-ring (bicyclic) bond motifs is 7. The first kappa shape index (κ1) is 40.7. The second-order valence-corrected chi connectivity index (χ2v) is 14.6. The summed E-state index contributed by atoms with van der Waals surface area (Å²) >= 11 is 0. The smallest absolute Gasteiger partial charge is 0.167 e. The molecule has 5 atom stereocenters. The van der Waals surface area contributed by atoms with Crippen molar-refractivity contribution in [2.24, 2.45) is 0 Å². The molecule has 7 rings (SSSR count). The number of nitriles is 1. The van der Waals surface area contributed by atoms with Gasteiger partial charge in [-0.2, -0.15) is 5.26 Å². The molecule has 13 heteroatoms. The lowest BCUT2D eigenvalue weighted by molar-refractivity contribution is -0.104. The summed E-state index contributed by atoms with van der Waals surface area (Å²) in [5.41, 5.74) is 5.73. The van der Waals surface area contributed by atoms with Crippen LogP contribution in [-0.2, 0) is 22.4 Å². The first-order valence-electron chi connectivity index (χ1n) is 19.0. The van der Waals surface area contributed by atoms with Crippen LogP contribution in [0.25, 0.3) is 6.08 Å². The van der Waals surface area contributed by atoms with Gasteiger partial charge in [-0.15, -0.1) is 0 Å². The third kappa shape index (κ3) is 7.11. The number of nitrogens with zero attached hydrogens (tertiary/aromatic N) is 3. The fraction of sp³-hybridized carbons (Fsp3) is 0.488. The van der Waals surface area contributed by atoms with Crippen molar-refractivity contribution in [1.29, 1.82) is 5.26 Å². The number of aldehydes is 1. The maximum absolute atomic E-state index is 11.6. The second kappa shape index (κ2) is 17.4. The van der Waals surface area contributed by atoms with Gasteiger partial charge in [0.15, 0.2) is 23.0 Å². The lowest BCUT2D eigenvalue weighted by atomic mass is 9.71. The minimum Gasteiger partial charge on any atom is -0.504 e. The number of methoxy groups -OCH3 is 4. The number of nitrogens with one attached hydrogen (secondary N) is 1. The molecule has 3 aromatic carbocycles. The number of carbonyl (C=O) groups is 1. The summed E-state index contributed by atoms with van der Waals surface area (Å²) in [5.74, 6) is 3.18. The van der Waals surface area contributed by atoms with Crippen molar-refractivity contribution in [3.05, 3.63) is 69.3 Å². The quantitative estimate of drug-likeness (QED) is 0.183. The molecule has 0 saturated carbocycles. The Bertz CT molecular complexity index is 1970. The number of ether oxygens (including phenoxy) is 6. The van der Waals surface area contributed by atoms with Crippen molar-refractivity contribution in [2.75, 3.05) is 62.3 Å². The topological polar surface area (TPSA) is 155 Å². The molecule has 3 N–H and O–H groups in total. The molecule has 13 nitrogen and oxygen atoms in total. The SMILES string of the molecule is CNCC1c2c(O)c(OC)c(C)c(OC)c2CC2[C@H]3c4c(O)c(OC)c(C)c(OC)c4CC([C@H](C#N)N12)N3C.O=C/C=C/c1ccc(OC2CCOCC2)cc1. The van der Waals surface area contributed by atoms with E-state index < -0.39 is 6.04 Å². The van der Waals surface area contributed by atoms with Crippen LogP contribution in [0.3, 0.4) is 0 Å². The fourth-order valence-electron chi connectivity index (χ4n) is 9.40. The Kier molecular flexibility index (Phi) is 12.7. The van der Waals surface area contributed by atoms with Gasteiger partial charge in [0.1, 0.15) is 35.7 Å². The summed E-state index contributed by atoms with van der Waals surface area (Å²) < 4.78 is 34.2. The summed E-state index contributed by atoms with van der Waals surface area (Å²) in [6.45, 7) is 5.81. The van der Waals surface area contributed by atoms with E-state index in [-0.39, 0.29) is 41.8 Å². The van der Waals surface area contributed by atoms with Crippen LogP contribution in [0.15, 0.2) is 30.3 Å². The van der Waals surface area contributed by atoms with E-state index in [1.807, 2.05) is 52.2 Å². The summed E-state index contributed by atoms with van der Waals surface area (Å²) in [7, 11) is 10.2. The van der Waals surface area contributed by atoms with Crippen molar-refractivity contribution < 1.29 is 43.4 Å². The molecule has 2 fully saturated rings. The summed E-state index contributed by atoms with van der Waals surface area (Å²) in [6, 6.07) is 8.86. The first-order chi connectivity index (χ1) is 27.1. The van der Waals surface area contributed by atoms with Crippen LogP contribution in [0.2, 0.25) is 0 Å². The van der Waals surface area contributed by atoms with E-state index in [2.05, 4.69) is 21.2 Å². The minimum atomic E-state index is -0.483. The first-order valence-corrected chi connectivity index (χ1v) is 19.0. The van der Waals surface area contributed by atoms with Crippen molar-refractivity contribution in [1.82, 2.24) is 15.1 Å². The molecular weight excluding hydrogens is 716 g/mol. The van der Waals surface area contributed by atoms with Crippen molar-refractivity contribution in [3.63, 3.8) is 0 Å². The van der Waals surface area contributed by atoms with Crippen LogP contribution < -0.4 is 29.0 Å². The summed E-state index contributed by atoms with van der Waals surface area (Å²) in [4.78, 5) is 14.6. The van der Waals surface area contributed by atoms with Gasteiger partial charge in [0.05, 0.1) is 59.8 Å². The molecule has 3 unspecified atom stereocenters. The Morgan fingerprint density at radius 2 is 1.43 bits per heavy atom. The van der Waals surface area contributed by atoms with E-state index >= 15 is 0 Å². The molecule has 4 aliphatic rings. The molecule has 0 spiro atoms. The third-order valence-corrected chi connectivity index (χ3v) is 11.8. The number of likely N-dealkylation sites (N-methyl/N-ethyl adjacent to an activating group) is 2. The minimum absolute atomic E-state index is 0.0764. The largest absolute Gasteiger partial charge is 0.504 e. The highest BCUT2D eigenvalue weighted by Gasteiger charge is 2.57. The Labute approximate surface area is 329 Å². The number of piperazine rings is 1. The van der Waals surface area contributed by atoms with Gasteiger partial charge in [0.2, 0.25) is 0 Å². The molecule has 2 bridgehead atoms. The zero-order valence-corrected chi connectivity index (χ0v) is 33.5. The standard InChI is InChI=1S/C29H38N4O6.C14H16O3/c1-13-26(36-5)15-10-18-23-22-16(27(37-6)14(2)29(39-8)25(22)35)9-17(32(23)4)19(11-30)33(18)20(12-31-3)21(15)24(34)28(13)38-7;15-9-1-2-12-3-5-13(6-4-12)17-14-7-10-16-11-8-14/h17-20,23,31,34-35H,9-10,12H2,1-8H3;1-6,9,14H,7-8,10-11H2/b;2-1+/t17?,18?,19-,20?,23-;/m0./s1. The molecule has 300 valence electrons. The monoisotopic (exact) mass is 770 g/mol. The molecular formula is C43H54N4O9. The molecule has 0 amide bonds. The number of phenolic OH excluding ortho intramolecular Hbond substituents is 2. The van der Waals surface area contributed by atoms with E-state index in [0.717, 1.165) is 71.5 Å². The van der Waals surface area contributed by atoms with Gasteiger partial charge >= 0.3 is 0 Å². The molecule has 2 saturated heterocycles. The number of hydrogen-bond donors (Lipinski definition) is 3. The lowest BCUT2D eigenvalue weighted by Crippen LogP contribution is -2.68. The fourth-order valence-corrected chi connectivity index (χ4v) is 9.40. The van der Waals surface area contributed by atoms with Gasteiger partial charge in [-0.3, -0.25) is 14.6 Å². The third-order valence-electron chi connectivity index (χ3n) is 11.8. The van der Waals surface area contributed by atoms with Crippen molar-refractivity contribution >= 4 is 12.4 Å². The average molecular weight is 771 g/mol. The van der Waals surface area contributed by atoms with E-state index in [0.29, 0.717) is 47.9 Å². The van der Waals surface area contributed by atoms with Gasteiger partial charge in [-0.05, 0) is 64.6 Å². The van der Waals surface area contributed by atoms with Crippen LogP contribution in [0.1, 0.15) is 63.9 Å². The van der Waals surface area contributed by atoms with Crippen LogP contribution in [-0.4, -0.2) is 113 Å². The van der Waals surface area contributed by atoms with E-state index in [1.165, 1.54) is 13.2 Å². The Morgan fingerprint density at radius 3 is 1.96 bits per heavy atom. The normalized spacial score (nSPS) is 23.1. The van der Waals surface area contributed by atoms with E-state index in [9.17, 15) is 20.3 Å². The van der Waals surface area contributed by atoms with Crippen LogP contribution >= 0.6 is 0 Å². The zero-order chi connectivity index (χ0) is 40.3. The highest BCUT2D eigenvalue weighted by molar-refractivity contribution is 5.74. The number of aromatic hydroxyl groups is 2. The van der Waals surface area contributed by atoms with Gasteiger partial charge < -0.3 is 44.0 Å². The molecule has 0 aromatic heterocycles.